The summed E-state index contributed by atoms with van der Waals surface area (Å²) in [5.41, 5.74) is 0. The van der Waals surface area contributed by atoms with Crippen molar-refractivity contribution < 1.29 is 13.5 Å². The molecule has 12 heavy (non-hydrogen) atoms. The van der Waals surface area contributed by atoms with Gasteiger partial charge in [-0.05, 0) is 22.6 Å². The molecule has 0 atom stereocenters. The third-order valence-electron chi connectivity index (χ3n) is 1.20. The van der Waals surface area contributed by atoms with Crippen molar-refractivity contribution >= 4 is 22.6 Å². The highest BCUT2D eigenvalue weighted by Gasteiger charge is 2.09. The van der Waals surface area contributed by atoms with Gasteiger partial charge in [-0.15, -0.1) is 5.10 Å². The van der Waals surface area contributed by atoms with E-state index in [9.17, 15) is 8.78 Å². The summed E-state index contributed by atoms with van der Waals surface area (Å²) in [7, 11) is 1.46. The third-order valence-corrected chi connectivity index (χ3v) is 1.94. The largest absolute Gasteiger partial charge is 0.479 e. The number of rotatable bonds is 3. The van der Waals surface area contributed by atoms with Crippen LogP contribution in [-0.2, 0) is 6.54 Å². The van der Waals surface area contributed by atoms with Gasteiger partial charge in [0, 0.05) is 6.20 Å². The van der Waals surface area contributed by atoms with E-state index in [1.54, 1.807) is 0 Å². The van der Waals surface area contributed by atoms with Crippen LogP contribution in [0.5, 0.6) is 5.88 Å². The quantitative estimate of drug-likeness (QED) is 0.792. The number of hydrogen-bond acceptors (Lipinski definition) is 2. The summed E-state index contributed by atoms with van der Waals surface area (Å²) >= 11 is 1.97. The van der Waals surface area contributed by atoms with Crippen LogP contribution < -0.4 is 4.74 Å². The smallest absolute Gasteiger partial charge is 0.257 e. The molecule has 0 saturated carbocycles. The molecule has 0 N–H and O–H groups in total. The van der Waals surface area contributed by atoms with Crippen molar-refractivity contribution in [2.75, 3.05) is 7.11 Å². The van der Waals surface area contributed by atoms with Crippen LogP contribution in [0.1, 0.15) is 0 Å². The zero-order chi connectivity index (χ0) is 9.14. The number of hydrogen-bond donors (Lipinski definition) is 0. The molecule has 1 rings (SSSR count). The molecule has 0 aliphatic heterocycles. The van der Waals surface area contributed by atoms with Gasteiger partial charge in [0.05, 0.1) is 10.7 Å². The first-order chi connectivity index (χ1) is 5.63. The standard InChI is InChI=1S/C6H7F2IN2O/c1-12-6-4(9)2-11(10-6)3-5(7)8/h2,5H,3H2,1H3. The Morgan fingerprint density at radius 1 is 1.75 bits per heavy atom. The summed E-state index contributed by atoms with van der Waals surface area (Å²) in [4.78, 5) is 0. The average Bonchev–Trinajstić information content (AvgIpc) is 2.29. The van der Waals surface area contributed by atoms with Crippen LogP contribution in [-0.4, -0.2) is 23.3 Å². The molecule has 68 valence electrons. The molecule has 0 fully saturated rings. The minimum absolute atomic E-state index is 0.385. The molecule has 0 bridgehead atoms. The summed E-state index contributed by atoms with van der Waals surface area (Å²) < 4.78 is 30.4. The molecule has 0 aromatic carbocycles. The Labute approximate surface area is 81.8 Å². The normalized spacial score (nSPS) is 10.8. The van der Waals surface area contributed by atoms with Gasteiger partial charge in [0.1, 0.15) is 6.54 Å². The zero-order valence-corrected chi connectivity index (χ0v) is 8.46. The van der Waals surface area contributed by atoms with Crippen LogP contribution >= 0.6 is 22.6 Å². The van der Waals surface area contributed by atoms with Gasteiger partial charge in [-0.25, -0.2) is 8.78 Å². The van der Waals surface area contributed by atoms with Gasteiger partial charge in [-0.1, -0.05) is 0 Å². The molecular weight excluding hydrogens is 281 g/mol. The highest BCUT2D eigenvalue weighted by atomic mass is 127. The molecule has 1 heterocycles. The fraction of sp³-hybridized carbons (Fsp3) is 0.500. The van der Waals surface area contributed by atoms with Crippen LogP contribution in [0.15, 0.2) is 6.20 Å². The van der Waals surface area contributed by atoms with Crippen LogP contribution in [0, 0.1) is 3.57 Å². The van der Waals surface area contributed by atoms with Gasteiger partial charge in [0.25, 0.3) is 6.43 Å². The molecule has 0 aliphatic rings. The van der Waals surface area contributed by atoms with Crippen molar-refractivity contribution in [3.8, 4) is 5.88 Å². The average molecular weight is 288 g/mol. The number of halogens is 3. The van der Waals surface area contributed by atoms with Crippen LogP contribution in [0.2, 0.25) is 0 Å². The van der Waals surface area contributed by atoms with E-state index >= 15 is 0 Å². The Balaban J connectivity index is 2.75. The topological polar surface area (TPSA) is 27.1 Å². The second-order valence-electron chi connectivity index (χ2n) is 2.10. The highest BCUT2D eigenvalue weighted by Crippen LogP contribution is 2.17. The molecule has 0 radical (unpaired) electrons. The molecule has 3 nitrogen and oxygen atoms in total. The van der Waals surface area contributed by atoms with E-state index < -0.39 is 6.43 Å². The SMILES string of the molecule is COc1nn(CC(F)F)cc1I. The first-order valence-corrected chi connectivity index (χ1v) is 4.26. The van der Waals surface area contributed by atoms with E-state index in [0.717, 1.165) is 3.57 Å². The fourth-order valence-electron chi connectivity index (χ4n) is 0.753. The van der Waals surface area contributed by atoms with E-state index in [1.807, 2.05) is 22.6 Å². The number of ether oxygens (including phenoxy) is 1. The molecule has 0 amide bonds. The summed E-state index contributed by atoms with van der Waals surface area (Å²) in [5.74, 6) is 0.385. The lowest BCUT2D eigenvalue weighted by Crippen LogP contribution is -2.06. The molecule has 6 heteroatoms. The lowest BCUT2D eigenvalue weighted by atomic mass is 10.6. The lowest BCUT2D eigenvalue weighted by Gasteiger charge is -1.97. The van der Waals surface area contributed by atoms with E-state index in [0.29, 0.717) is 5.88 Å². The first kappa shape index (κ1) is 9.69. The molecule has 0 unspecified atom stereocenters. The highest BCUT2D eigenvalue weighted by molar-refractivity contribution is 14.1. The molecule has 0 saturated heterocycles. The Hall–Kier alpha value is -0.400. The summed E-state index contributed by atoms with van der Waals surface area (Å²) in [6, 6.07) is 0. The van der Waals surface area contributed by atoms with Crippen LogP contribution in [0.25, 0.3) is 0 Å². The second-order valence-corrected chi connectivity index (χ2v) is 3.26. The fourth-order valence-corrected chi connectivity index (χ4v) is 1.40. The predicted molar refractivity (Wildman–Crippen MR) is 47.5 cm³/mol. The van der Waals surface area contributed by atoms with Crippen molar-refractivity contribution in [1.29, 1.82) is 0 Å². The summed E-state index contributed by atoms with van der Waals surface area (Å²) in [5, 5.41) is 3.78. The number of nitrogens with zero attached hydrogens (tertiary/aromatic N) is 2. The van der Waals surface area contributed by atoms with E-state index in [4.69, 9.17) is 4.74 Å². The number of methoxy groups -OCH3 is 1. The Morgan fingerprint density at radius 3 is 2.83 bits per heavy atom. The Bertz CT molecular complexity index is 264. The van der Waals surface area contributed by atoms with E-state index in [1.165, 1.54) is 18.0 Å². The maximum atomic E-state index is 11.9. The Morgan fingerprint density at radius 2 is 2.42 bits per heavy atom. The minimum atomic E-state index is -2.38. The molecule has 1 aromatic rings. The maximum Gasteiger partial charge on any atom is 0.257 e. The van der Waals surface area contributed by atoms with Crippen LogP contribution in [0.4, 0.5) is 8.78 Å². The maximum absolute atomic E-state index is 11.9. The predicted octanol–water partition coefficient (Wildman–Crippen LogP) is 1.76. The van der Waals surface area contributed by atoms with Crippen molar-refractivity contribution in [1.82, 2.24) is 9.78 Å². The lowest BCUT2D eigenvalue weighted by molar-refractivity contribution is 0.121. The van der Waals surface area contributed by atoms with Crippen LogP contribution in [0.3, 0.4) is 0 Å². The summed E-state index contributed by atoms with van der Waals surface area (Å²) in [6.45, 7) is -0.390. The molecule has 1 aromatic heterocycles. The van der Waals surface area contributed by atoms with Crippen molar-refractivity contribution in [2.24, 2.45) is 0 Å². The molecular formula is C6H7F2IN2O. The molecule has 0 aliphatic carbocycles. The van der Waals surface area contributed by atoms with Crippen molar-refractivity contribution in [3.05, 3.63) is 9.77 Å². The van der Waals surface area contributed by atoms with Gasteiger partial charge in [0.2, 0.25) is 5.88 Å². The van der Waals surface area contributed by atoms with E-state index in [2.05, 4.69) is 5.10 Å². The van der Waals surface area contributed by atoms with Crippen molar-refractivity contribution in [3.63, 3.8) is 0 Å². The first-order valence-electron chi connectivity index (χ1n) is 3.18. The zero-order valence-electron chi connectivity index (χ0n) is 6.30. The molecule has 0 spiro atoms. The van der Waals surface area contributed by atoms with Gasteiger partial charge >= 0.3 is 0 Å². The van der Waals surface area contributed by atoms with Crippen molar-refractivity contribution in [2.45, 2.75) is 13.0 Å². The van der Waals surface area contributed by atoms with Gasteiger partial charge in [0.15, 0.2) is 0 Å². The summed E-state index contributed by atoms with van der Waals surface area (Å²) in [6.07, 6.45) is -0.864. The van der Waals surface area contributed by atoms with Gasteiger partial charge < -0.3 is 4.74 Å². The monoisotopic (exact) mass is 288 g/mol. The van der Waals surface area contributed by atoms with Gasteiger partial charge in [-0.2, -0.15) is 0 Å². The third kappa shape index (κ3) is 2.29. The van der Waals surface area contributed by atoms with Gasteiger partial charge in [-0.3, -0.25) is 4.68 Å². The van der Waals surface area contributed by atoms with E-state index in [-0.39, 0.29) is 6.54 Å². The minimum Gasteiger partial charge on any atom is -0.479 e. The Kier molecular flexibility index (Phi) is 3.24. The number of aromatic nitrogens is 2. The number of alkyl halides is 2. The second kappa shape index (κ2) is 4.01.